The van der Waals surface area contributed by atoms with E-state index in [-0.39, 0.29) is 6.61 Å². The SMILES string of the molecule is OC[C@H]1O[C@@H](n2cc(Br)c3c2ncn2nnnc32)[C@H](O)[C@@H]1O. The lowest BCUT2D eigenvalue weighted by atomic mass is 10.1. The molecule has 0 aromatic carbocycles. The Kier molecular flexibility index (Phi) is 3.13. The van der Waals surface area contributed by atoms with Gasteiger partial charge < -0.3 is 24.6 Å². The number of aromatic nitrogens is 6. The number of hydrogen-bond acceptors (Lipinski definition) is 8. The minimum absolute atomic E-state index is 0.388. The Morgan fingerprint density at radius 3 is 2.82 bits per heavy atom. The highest BCUT2D eigenvalue weighted by Crippen LogP contribution is 2.35. The van der Waals surface area contributed by atoms with Gasteiger partial charge in [0.05, 0.1) is 12.0 Å². The van der Waals surface area contributed by atoms with Gasteiger partial charge in [-0.15, -0.1) is 5.10 Å². The van der Waals surface area contributed by atoms with Crippen LogP contribution in [0.1, 0.15) is 6.23 Å². The Balaban J connectivity index is 1.89. The maximum Gasteiger partial charge on any atom is 0.193 e. The highest BCUT2D eigenvalue weighted by Gasteiger charge is 2.44. The molecule has 1 fully saturated rings. The molecule has 4 rings (SSSR count). The van der Waals surface area contributed by atoms with Gasteiger partial charge in [-0.05, 0) is 26.4 Å². The molecule has 3 aromatic heterocycles. The number of aliphatic hydroxyl groups is 3. The van der Waals surface area contributed by atoms with Crippen molar-refractivity contribution in [2.24, 2.45) is 0 Å². The van der Waals surface area contributed by atoms with Gasteiger partial charge >= 0.3 is 0 Å². The molecule has 10 nitrogen and oxygen atoms in total. The van der Waals surface area contributed by atoms with Crippen molar-refractivity contribution in [1.29, 1.82) is 0 Å². The molecular weight excluding hydrogens is 360 g/mol. The fourth-order valence-electron chi connectivity index (χ4n) is 2.67. The molecule has 0 radical (unpaired) electrons. The molecule has 0 aliphatic carbocycles. The Labute approximate surface area is 131 Å². The molecule has 0 saturated carbocycles. The summed E-state index contributed by atoms with van der Waals surface area (Å²) in [4.78, 5) is 4.28. The van der Waals surface area contributed by atoms with E-state index in [0.717, 1.165) is 0 Å². The molecule has 0 amide bonds. The quantitative estimate of drug-likeness (QED) is 0.515. The second-order valence-corrected chi connectivity index (χ2v) is 5.86. The standard InChI is InChI=1S/C11H11BrN6O4/c12-4-1-17(11-8(21)7(20)5(2-19)22-11)9-6(4)10-14-15-16-18(10)3-13-9/h1,3,5,7-8,11,19-21H,2H2/t5-,7-,8-,11-/m1/s1. The van der Waals surface area contributed by atoms with Crippen molar-refractivity contribution < 1.29 is 20.1 Å². The molecule has 4 heterocycles. The first kappa shape index (κ1) is 14.0. The van der Waals surface area contributed by atoms with Gasteiger partial charge in [0.15, 0.2) is 11.9 Å². The molecule has 0 spiro atoms. The van der Waals surface area contributed by atoms with Crippen LogP contribution in [0.5, 0.6) is 0 Å². The van der Waals surface area contributed by atoms with Crippen molar-refractivity contribution in [3.8, 4) is 0 Å². The summed E-state index contributed by atoms with van der Waals surface area (Å²) in [6.45, 7) is -0.388. The number of aliphatic hydroxyl groups excluding tert-OH is 3. The lowest BCUT2D eigenvalue weighted by Crippen LogP contribution is -2.33. The molecule has 116 valence electrons. The fraction of sp³-hybridized carbons (Fsp3) is 0.455. The van der Waals surface area contributed by atoms with Gasteiger partial charge in [-0.25, -0.2) is 4.98 Å². The van der Waals surface area contributed by atoms with Gasteiger partial charge in [0.2, 0.25) is 0 Å². The third kappa shape index (κ3) is 1.80. The third-order valence-electron chi connectivity index (χ3n) is 3.76. The van der Waals surface area contributed by atoms with E-state index in [0.29, 0.717) is 21.2 Å². The minimum Gasteiger partial charge on any atom is -0.394 e. The van der Waals surface area contributed by atoms with Crippen molar-refractivity contribution in [2.45, 2.75) is 24.5 Å². The monoisotopic (exact) mass is 370 g/mol. The number of rotatable bonds is 2. The number of hydrogen-bond donors (Lipinski definition) is 3. The summed E-state index contributed by atoms with van der Waals surface area (Å²) in [5.74, 6) is 0. The van der Waals surface area contributed by atoms with Gasteiger partial charge in [-0.2, -0.15) is 4.52 Å². The second-order valence-electron chi connectivity index (χ2n) is 5.00. The van der Waals surface area contributed by atoms with Gasteiger partial charge in [-0.3, -0.25) is 0 Å². The van der Waals surface area contributed by atoms with Crippen molar-refractivity contribution >= 4 is 32.6 Å². The van der Waals surface area contributed by atoms with Crippen LogP contribution >= 0.6 is 15.9 Å². The van der Waals surface area contributed by atoms with E-state index in [2.05, 4.69) is 36.4 Å². The molecular formula is C11H11BrN6O4. The van der Waals surface area contributed by atoms with Crippen LogP contribution in [0.4, 0.5) is 0 Å². The Bertz CT molecular complexity index is 850. The van der Waals surface area contributed by atoms with Crippen molar-refractivity contribution in [2.75, 3.05) is 6.61 Å². The van der Waals surface area contributed by atoms with Crippen LogP contribution in [0.2, 0.25) is 0 Å². The molecule has 1 aliphatic heterocycles. The fourth-order valence-corrected chi connectivity index (χ4v) is 3.25. The van der Waals surface area contributed by atoms with E-state index in [9.17, 15) is 15.3 Å². The van der Waals surface area contributed by atoms with Crippen LogP contribution in [-0.4, -0.2) is 69.8 Å². The maximum atomic E-state index is 10.2. The molecule has 22 heavy (non-hydrogen) atoms. The van der Waals surface area contributed by atoms with Crippen LogP contribution in [0.25, 0.3) is 16.7 Å². The van der Waals surface area contributed by atoms with E-state index < -0.39 is 24.5 Å². The largest absolute Gasteiger partial charge is 0.394 e. The lowest BCUT2D eigenvalue weighted by Gasteiger charge is -2.17. The summed E-state index contributed by atoms with van der Waals surface area (Å²) in [5, 5.41) is 41.2. The average molecular weight is 371 g/mol. The first-order chi connectivity index (χ1) is 10.6. The first-order valence-corrected chi connectivity index (χ1v) is 7.26. The number of tetrazole rings is 1. The summed E-state index contributed by atoms with van der Waals surface area (Å²) >= 11 is 3.42. The molecule has 3 aromatic rings. The number of halogens is 1. The van der Waals surface area contributed by atoms with E-state index in [1.54, 1.807) is 10.8 Å². The number of fused-ring (bicyclic) bond motifs is 3. The molecule has 1 aliphatic rings. The average Bonchev–Trinajstić information content (AvgIpc) is 3.17. The van der Waals surface area contributed by atoms with E-state index >= 15 is 0 Å². The summed E-state index contributed by atoms with van der Waals surface area (Å²) in [6, 6.07) is 0. The maximum absolute atomic E-state index is 10.2. The molecule has 11 heteroatoms. The van der Waals surface area contributed by atoms with E-state index in [1.165, 1.54) is 10.8 Å². The highest BCUT2D eigenvalue weighted by molar-refractivity contribution is 9.10. The molecule has 1 saturated heterocycles. The normalized spacial score (nSPS) is 28.9. The Morgan fingerprint density at radius 1 is 1.27 bits per heavy atom. The Hall–Kier alpha value is -1.66. The summed E-state index contributed by atoms with van der Waals surface area (Å²) < 4.78 is 9.21. The zero-order valence-electron chi connectivity index (χ0n) is 11.0. The Morgan fingerprint density at radius 2 is 2.09 bits per heavy atom. The summed E-state index contributed by atoms with van der Waals surface area (Å²) in [7, 11) is 0. The predicted octanol–water partition coefficient (Wildman–Crippen LogP) is -1.15. The van der Waals surface area contributed by atoms with Gasteiger partial charge in [0.25, 0.3) is 0 Å². The van der Waals surface area contributed by atoms with Gasteiger partial charge in [0, 0.05) is 10.7 Å². The smallest absolute Gasteiger partial charge is 0.193 e. The summed E-state index contributed by atoms with van der Waals surface area (Å²) in [5.41, 5.74) is 0.992. The first-order valence-electron chi connectivity index (χ1n) is 6.47. The number of ether oxygens (including phenoxy) is 1. The zero-order valence-corrected chi connectivity index (χ0v) is 12.6. The second kappa shape index (κ2) is 4.93. The topological polar surface area (TPSA) is 131 Å². The summed E-state index contributed by atoms with van der Waals surface area (Å²) in [6.07, 6.45) is -0.964. The van der Waals surface area contributed by atoms with Crippen LogP contribution < -0.4 is 0 Å². The lowest BCUT2D eigenvalue weighted by molar-refractivity contribution is -0.0509. The van der Waals surface area contributed by atoms with Gasteiger partial charge in [-0.1, -0.05) is 0 Å². The van der Waals surface area contributed by atoms with Gasteiger partial charge in [0.1, 0.15) is 30.3 Å². The van der Waals surface area contributed by atoms with Crippen LogP contribution in [0.3, 0.4) is 0 Å². The third-order valence-corrected chi connectivity index (χ3v) is 4.36. The van der Waals surface area contributed by atoms with Crippen LogP contribution in [0, 0.1) is 0 Å². The van der Waals surface area contributed by atoms with Crippen molar-refractivity contribution in [3.05, 3.63) is 17.0 Å². The number of nitrogens with zero attached hydrogens (tertiary/aromatic N) is 6. The minimum atomic E-state index is -1.19. The van der Waals surface area contributed by atoms with Crippen LogP contribution in [0.15, 0.2) is 17.0 Å². The van der Waals surface area contributed by atoms with Crippen molar-refractivity contribution in [1.82, 2.24) is 29.6 Å². The molecule has 4 atom stereocenters. The van der Waals surface area contributed by atoms with E-state index in [4.69, 9.17) is 4.74 Å². The van der Waals surface area contributed by atoms with Crippen LogP contribution in [-0.2, 0) is 4.74 Å². The molecule has 3 N–H and O–H groups in total. The highest BCUT2D eigenvalue weighted by atomic mass is 79.9. The van der Waals surface area contributed by atoms with E-state index in [1.807, 2.05) is 0 Å². The predicted molar refractivity (Wildman–Crippen MR) is 74.8 cm³/mol. The van der Waals surface area contributed by atoms with Crippen molar-refractivity contribution in [3.63, 3.8) is 0 Å². The molecule has 0 unspecified atom stereocenters. The molecule has 0 bridgehead atoms. The zero-order chi connectivity index (χ0) is 15.4.